The Balaban J connectivity index is 1.38. The topological polar surface area (TPSA) is 39.8 Å². The van der Waals surface area contributed by atoms with Crippen LogP contribution in [0.2, 0.25) is 0 Å². The summed E-state index contributed by atoms with van der Waals surface area (Å²) in [5, 5.41) is 5.29. The molecule has 2 N–H and O–H groups in total. The maximum atomic E-state index is 13.3. The van der Waals surface area contributed by atoms with E-state index in [2.05, 4.69) is 62.0 Å². The predicted molar refractivity (Wildman–Crippen MR) is 158 cm³/mol. The zero-order valence-electron chi connectivity index (χ0n) is 25.8. The summed E-state index contributed by atoms with van der Waals surface area (Å²) in [6, 6.07) is 7.99. The molecule has 1 saturated carbocycles. The summed E-state index contributed by atoms with van der Waals surface area (Å²) in [5.74, 6) is -0.331. The monoisotopic (exact) mass is 610 g/mol. The molecule has 0 spiro atoms. The lowest BCUT2D eigenvalue weighted by Gasteiger charge is -2.64. The van der Waals surface area contributed by atoms with E-state index < -0.39 is 25.4 Å². The molecule has 0 amide bonds. The predicted octanol–water partition coefficient (Wildman–Crippen LogP) is 7.52. The van der Waals surface area contributed by atoms with Gasteiger partial charge in [0.2, 0.25) is 0 Å². The minimum Gasteiger partial charge on any atom is -0.376 e. The number of nitrogens with one attached hydrogen (secondary N) is 2. The molecule has 0 aromatic heterocycles. The summed E-state index contributed by atoms with van der Waals surface area (Å²) >= 11 is 0. The van der Waals surface area contributed by atoms with Crippen LogP contribution < -0.4 is 20.4 Å². The molecule has 43 heavy (non-hydrogen) atoms. The minimum absolute atomic E-state index is 0.144. The zero-order chi connectivity index (χ0) is 31.6. The standard InChI is InChI=1S/C32H40F6N4O/c1-15-29(3,4)19-9-17(21(11-23(19)41(15)7)39-13-31(33,34)35)25-27-26(28(25)43-27)18-10-20-24(42(8)16(2)30(20,5)6)12-22(18)40-14-32(36,37)38/h9-12,15-16,25-28,39-40H,13-14H2,1-8H3. The van der Waals surface area contributed by atoms with E-state index in [0.717, 1.165) is 33.6 Å². The summed E-state index contributed by atoms with van der Waals surface area (Å²) in [7, 11) is 3.91. The summed E-state index contributed by atoms with van der Waals surface area (Å²) in [4.78, 5) is 4.20. The molecule has 2 aromatic carbocycles. The highest BCUT2D eigenvalue weighted by Crippen LogP contribution is 2.65. The van der Waals surface area contributed by atoms with Crippen molar-refractivity contribution in [3.8, 4) is 0 Å². The van der Waals surface area contributed by atoms with Crippen LogP contribution in [0.3, 0.4) is 0 Å². The van der Waals surface area contributed by atoms with Gasteiger partial charge in [0.05, 0.1) is 12.2 Å². The van der Waals surface area contributed by atoms with Crippen molar-refractivity contribution in [2.75, 3.05) is 47.6 Å². The molecule has 3 fully saturated rings. The van der Waals surface area contributed by atoms with Crippen LogP contribution in [0.1, 0.15) is 75.6 Å². The Morgan fingerprint density at radius 2 is 1.02 bits per heavy atom. The highest BCUT2D eigenvalue weighted by Gasteiger charge is 2.66. The summed E-state index contributed by atoms with van der Waals surface area (Å²) in [6.45, 7) is 10.4. The van der Waals surface area contributed by atoms with Gasteiger partial charge in [-0.25, -0.2) is 0 Å². The number of benzene rings is 2. The number of halogens is 6. The fraction of sp³-hybridized carbons (Fsp3) is 0.625. The number of nitrogens with zero attached hydrogens (tertiary/aromatic N) is 2. The number of alkyl halides is 6. The molecular weight excluding hydrogens is 570 g/mol. The molecule has 4 aliphatic heterocycles. The molecule has 4 heterocycles. The zero-order valence-corrected chi connectivity index (χ0v) is 25.8. The van der Waals surface area contributed by atoms with Crippen LogP contribution in [-0.2, 0) is 15.6 Å². The van der Waals surface area contributed by atoms with E-state index in [1.165, 1.54) is 0 Å². The summed E-state index contributed by atoms with van der Waals surface area (Å²) in [6.07, 6.45) is -9.48. The minimum atomic E-state index is -4.39. The second-order valence-electron chi connectivity index (χ2n) is 14.0. The number of hydrogen-bond acceptors (Lipinski definition) is 5. The van der Waals surface area contributed by atoms with E-state index in [-0.39, 0.29) is 47.0 Å². The second-order valence-corrected chi connectivity index (χ2v) is 14.0. The van der Waals surface area contributed by atoms with Crippen LogP contribution in [0.4, 0.5) is 49.1 Å². The van der Waals surface area contributed by atoms with Gasteiger partial charge in [-0.3, -0.25) is 0 Å². The summed E-state index contributed by atoms with van der Waals surface area (Å²) in [5.41, 5.74) is 5.89. The van der Waals surface area contributed by atoms with Gasteiger partial charge in [0.1, 0.15) is 13.1 Å². The Morgan fingerprint density at radius 1 is 0.674 bits per heavy atom. The maximum Gasteiger partial charge on any atom is 0.405 e. The Hall–Kier alpha value is -2.82. The van der Waals surface area contributed by atoms with E-state index >= 15 is 0 Å². The van der Waals surface area contributed by atoms with Crippen LogP contribution in [0.25, 0.3) is 0 Å². The first-order chi connectivity index (χ1) is 19.7. The molecule has 2 unspecified atom stereocenters. The van der Waals surface area contributed by atoms with E-state index in [0.29, 0.717) is 11.4 Å². The SMILES string of the molecule is CC1N(C)c2cc(NCC(F)(F)F)c(C3C4OC3C4c3cc4c(cc3NCC(F)(F)F)N(C)C(C)C4(C)C)cc2C1(C)C. The average Bonchev–Trinajstić information content (AvgIpc) is 3.12. The number of hydrogen-bond donors (Lipinski definition) is 2. The number of fused-ring (bicyclic) bond motifs is 2. The van der Waals surface area contributed by atoms with Crippen molar-refractivity contribution in [2.24, 2.45) is 0 Å². The average molecular weight is 611 g/mol. The molecule has 1 aliphatic carbocycles. The van der Waals surface area contributed by atoms with E-state index in [9.17, 15) is 26.3 Å². The van der Waals surface area contributed by atoms with Crippen LogP contribution >= 0.6 is 0 Å². The lowest BCUT2D eigenvalue weighted by atomic mass is 9.56. The van der Waals surface area contributed by atoms with E-state index in [4.69, 9.17) is 4.74 Å². The molecule has 2 aromatic rings. The molecule has 11 heteroatoms. The van der Waals surface area contributed by atoms with Crippen molar-refractivity contribution in [2.45, 2.75) is 101 Å². The Bertz CT molecular complexity index is 1340. The van der Waals surface area contributed by atoms with Gasteiger partial charge < -0.3 is 25.2 Å². The molecule has 5 nitrogen and oxygen atoms in total. The molecule has 0 radical (unpaired) electrons. The van der Waals surface area contributed by atoms with Crippen molar-refractivity contribution in [1.29, 1.82) is 0 Å². The van der Waals surface area contributed by atoms with Crippen molar-refractivity contribution in [3.63, 3.8) is 0 Å². The highest BCUT2D eigenvalue weighted by atomic mass is 19.4. The molecule has 2 bridgehead atoms. The summed E-state index contributed by atoms with van der Waals surface area (Å²) < 4.78 is 86.0. The number of likely N-dealkylation sites (N-methyl/N-ethyl adjacent to an activating group) is 2. The van der Waals surface area contributed by atoms with Crippen LogP contribution in [0.5, 0.6) is 0 Å². The molecule has 7 rings (SSSR count). The Morgan fingerprint density at radius 3 is 1.33 bits per heavy atom. The van der Waals surface area contributed by atoms with Gasteiger partial charge in [-0.1, -0.05) is 39.8 Å². The van der Waals surface area contributed by atoms with Crippen molar-refractivity contribution < 1.29 is 31.1 Å². The fourth-order valence-electron chi connectivity index (χ4n) is 7.63. The van der Waals surface area contributed by atoms with Gasteiger partial charge in [0.25, 0.3) is 0 Å². The largest absolute Gasteiger partial charge is 0.405 e. The Kier molecular flexibility index (Phi) is 6.57. The van der Waals surface area contributed by atoms with Crippen LogP contribution in [0.15, 0.2) is 24.3 Å². The highest BCUT2D eigenvalue weighted by molar-refractivity contribution is 5.76. The fourth-order valence-corrected chi connectivity index (χ4v) is 7.63. The van der Waals surface area contributed by atoms with Crippen LogP contribution in [-0.4, -0.2) is 63.8 Å². The first kappa shape index (κ1) is 30.2. The lowest BCUT2D eigenvalue weighted by molar-refractivity contribution is -0.283. The van der Waals surface area contributed by atoms with Crippen molar-refractivity contribution in [1.82, 2.24) is 0 Å². The maximum absolute atomic E-state index is 13.3. The first-order valence-corrected chi connectivity index (χ1v) is 14.8. The molecular formula is C32H40F6N4O. The number of anilines is 4. The second kappa shape index (κ2) is 9.34. The molecule has 5 aliphatic rings. The normalized spacial score (nSPS) is 30.0. The van der Waals surface area contributed by atoms with Gasteiger partial charge in [0.15, 0.2) is 0 Å². The lowest BCUT2D eigenvalue weighted by Crippen LogP contribution is -2.67. The number of rotatable bonds is 6. The third-order valence-electron chi connectivity index (χ3n) is 11.1. The van der Waals surface area contributed by atoms with E-state index in [1.807, 2.05) is 38.4 Å². The third-order valence-corrected chi connectivity index (χ3v) is 11.1. The molecule has 2 atom stereocenters. The number of ether oxygens (including phenoxy) is 1. The smallest absolute Gasteiger partial charge is 0.376 e. The van der Waals surface area contributed by atoms with Gasteiger partial charge in [-0.2, -0.15) is 26.3 Å². The quantitative estimate of drug-likeness (QED) is 0.331. The third kappa shape index (κ3) is 4.54. The van der Waals surface area contributed by atoms with Gasteiger partial charge in [-0.05, 0) is 48.2 Å². The van der Waals surface area contributed by atoms with Crippen LogP contribution in [0, 0.1) is 0 Å². The molecule has 2 saturated heterocycles. The van der Waals surface area contributed by atoms with E-state index in [1.54, 1.807) is 0 Å². The van der Waals surface area contributed by atoms with Gasteiger partial charge in [0, 0.05) is 71.6 Å². The first-order valence-electron chi connectivity index (χ1n) is 14.8. The van der Waals surface area contributed by atoms with Gasteiger partial charge in [-0.15, -0.1) is 0 Å². The van der Waals surface area contributed by atoms with Crippen molar-refractivity contribution in [3.05, 3.63) is 46.5 Å². The molecule has 236 valence electrons. The Labute approximate surface area is 248 Å². The van der Waals surface area contributed by atoms with Gasteiger partial charge >= 0.3 is 12.4 Å². The van der Waals surface area contributed by atoms with Crippen molar-refractivity contribution >= 4 is 22.7 Å².